The van der Waals surface area contributed by atoms with Crippen molar-refractivity contribution in [1.29, 1.82) is 0 Å². The fraction of sp³-hybridized carbons (Fsp3) is 0.238. The van der Waals surface area contributed by atoms with Crippen LogP contribution in [0.3, 0.4) is 0 Å². The fourth-order valence-electron chi connectivity index (χ4n) is 2.70. The molecule has 1 unspecified atom stereocenters. The van der Waals surface area contributed by atoms with Crippen molar-refractivity contribution in [3.63, 3.8) is 0 Å². The van der Waals surface area contributed by atoms with Crippen LogP contribution in [0, 0.1) is 0 Å². The maximum atomic E-state index is 12.0. The minimum absolute atomic E-state index is 0.0624. The molecular weight excluding hydrogens is 316 g/mol. The lowest BCUT2D eigenvalue weighted by atomic mass is 10.00. The number of benzene rings is 2. The van der Waals surface area contributed by atoms with Gasteiger partial charge in [0.2, 0.25) is 0 Å². The number of hydrogen-bond donors (Lipinski definition) is 0. The van der Waals surface area contributed by atoms with E-state index in [1.807, 2.05) is 42.5 Å². The molecule has 3 rings (SSSR count). The Kier molecular flexibility index (Phi) is 5.29. The molecule has 0 saturated heterocycles. The molecule has 0 saturated carbocycles. The highest BCUT2D eigenvalue weighted by atomic mass is 16.5. The van der Waals surface area contributed by atoms with E-state index < -0.39 is 6.10 Å². The smallest absolute Gasteiger partial charge is 0.310 e. The quantitative estimate of drug-likeness (QED) is 0.761. The topological polar surface area (TPSA) is 52.6 Å². The lowest BCUT2D eigenvalue weighted by Gasteiger charge is -2.19. The molecule has 0 aliphatic carbocycles. The van der Waals surface area contributed by atoms with Crippen molar-refractivity contribution >= 4 is 17.8 Å². The highest BCUT2D eigenvalue weighted by molar-refractivity contribution is 5.99. The Balaban J connectivity index is 1.59. The van der Waals surface area contributed by atoms with Crippen molar-refractivity contribution < 1.29 is 19.1 Å². The third kappa shape index (κ3) is 4.35. The molecule has 1 heterocycles. The minimum atomic E-state index is -0.419. The lowest BCUT2D eigenvalue weighted by molar-refractivity contribution is -0.147. The Morgan fingerprint density at radius 2 is 2.04 bits per heavy atom. The summed E-state index contributed by atoms with van der Waals surface area (Å²) in [6.07, 6.45) is 3.84. The first-order valence-electron chi connectivity index (χ1n) is 8.34. The minimum Gasteiger partial charge on any atom is -0.492 e. The molecule has 0 spiro atoms. The molecule has 4 heteroatoms. The van der Waals surface area contributed by atoms with Crippen LogP contribution in [0.1, 0.15) is 47.4 Å². The van der Waals surface area contributed by atoms with Gasteiger partial charge in [-0.15, -0.1) is 0 Å². The number of ether oxygens (including phenoxy) is 2. The first kappa shape index (κ1) is 17.0. The van der Waals surface area contributed by atoms with Gasteiger partial charge in [0.1, 0.15) is 11.9 Å². The number of hydrogen-bond acceptors (Lipinski definition) is 4. The average molecular weight is 336 g/mol. The van der Waals surface area contributed by atoms with Gasteiger partial charge in [-0.2, -0.15) is 0 Å². The zero-order valence-electron chi connectivity index (χ0n) is 14.1. The standard InChI is InChI=1S/C21H20O4/c1-15(17-10-11-20-18(14-17)19(22)12-13-24-20)25-21(23)9-5-8-16-6-3-2-4-7-16/h2-8,10-11,14-15H,9,12-13H2,1H3. The summed E-state index contributed by atoms with van der Waals surface area (Å²) in [4.78, 5) is 24.0. The Hall–Kier alpha value is -2.88. The molecule has 0 amide bonds. The predicted molar refractivity (Wildman–Crippen MR) is 95.5 cm³/mol. The number of ketones is 1. The number of carbonyl (C=O) groups excluding carboxylic acids is 2. The Morgan fingerprint density at radius 1 is 1.24 bits per heavy atom. The van der Waals surface area contributed by atoms with Crippen LogP contribution in [0.5, 0.6) is 5.75 Å². The SMILES string of the molecule is CC(OC(=O)CC=Cc1ccccc1)c1ccc2c(c1)C(=O)CCO2. The second-order valence-electron chi connectivity index (χ2n) is 5.93. The molecule has 1 atom stereocenters. The van der Waals surface area contributed by atoms with E-state index in [4.69, 9.17) is 9.47 Å². The normalized spacial score (nSPS) is 14.7. The number of carbonyl (C=O) groups is 2. The maximum Gasteiger partial charge on any atom is 0.310 e. The van der Waals surface area contributed by atoms with E-state index in [0.717, 1.165) is 11.1 Å². The molecule has 25 heavy (non-hydrogen) atoms. The summed E-state index contributed by atoms with van der Waals surface area (Å²) >= 11 is 0. The molecule has 2 aromatic carbocycles. The zero-order chi connectivity index (χ0) is 17.6. The van der Waals surface area contributed by atoms with Crippen molar-refractivity contribution in [2.75, 3.05) is 6.61 Å². The van der Waals surface area contributed by atoms with Gasteiger partial charge < -0.3 is 9.47 Å². The van der Waals surface area contributed by atoms with Crippen LogP contribution in [0.2, 0.25) is 0 Å². The number of Topliss-reactive ketones (excluding diaryl/α,β-unsaturated/α-hetero) is 1. The van der Waals surface area contributed by atoms with E-state index in [9.17, 15) is 9.59 Å². The van der Waals surface area contributed by atoms with Crippen LogP contribution in [-0.2, 0) is 9.53 Å². The molecule has 1 aliphatic heterocycles. The summed E-state index contributed by atoms with van der Waals surface area (Å²) in [5, 5.41) is 0. The summed E-state index contributed by atoms with van der Waals surface area (Å²) in [5.41, 5.74) is 2.39. The molecule has 0 aromatic heterocycles. The van der Waals surface area contributed by atoms with Gasteiger partial charge in [-0.1, -0.05) is 48.6 Å². The zero-order valence-corrected chi connectivity index (χ0v) is 14.1. The van der Waals surface area contributed by atoms with E-state index in [-0.39, 0.29) is 18.2 Å². The second kappa shape index (κ2) is 7.79. The summed E-state index contributed by atoms with van der Waals surface area (Å²) in [6.45, 7) is 2.22. The van der Waals surface area contributed by atoms with E-state index in [1.54, 1.807) is 25.1 Å². The van der Waals surface area contributed by atoms with Crippen LogP contribution in [-0.4, -0.2) is 18.4 Å². The second-order valence-corrected chi connectivity index (χ2v) is 5.93. The molecule has 0 bridgehead atoms. The molecule has 0 fully saturated rings. The Morgan fingerprint density at radius 3 is 2.84 bits per heavy atom. The average Bonchev–Trinajstić information content (AvgIpc) is 2.62. The number of esters is 1. The molecule has 2 aromatic rings. The van der Waals surface area contributed by atoms with Crippen molar-refractivity contribution in [2.24, 2.45) is 0 Å². The monoisotopic (exact) mass is 336 g/mol. The molecule has 1 aliphatic rings. The first-order chi connectivity index (χ1) is 12.1. The summed E-state index contributed by atoms with van der Waals surface area (Å²) in [7, 11) is 0. The highest BCUT2D eigenvalue weighted by Gasteiger charge is 2.20. The van der Waals surface area contributed by atoms with Gasteiger partial charge >= 0.3 is 5.97 Å². The van der Waals surface area contributed by atoms with Gasteiger partial charge in [0.25, 0.3) is 0 Å². The first-order valence-corrected chi connectivity index (χ1v) is 8.34. The van der Waals surface area contributed by atoms with Gasteiger partial charge in [0.05, 0.1) is 18.6 Å². The van der Waals surface area contributed by atoms with Gasteiger partial charge in [0, 0.05) is 6.42 Å². The Labute approximate surface area is 147 Å². The predicted octanol–water partition coefficient (Wildman–Crippen LogP) is 4.36. The van der Waals surface area contributed by atoms with Gasteiger partial charge in [-0.05, 0) is 30.2 Å². The van der Waals surface area contributed by atoms with E-state index in [1.165, 1.54) is 0 Å². The van der Waals surface area contributed by atoms with Gasteiger partial charge in [0.15, 0.2) is 5.78 Å². The van der Waals surface area contributed by atoms with Crippen molar-refractivity contribution in [3.05, 3.63) is 71.3 Å². The summed E-state index contributed by atoms with van der Waals surface area (Å²) < 4.78 is 10.9. The van der Waals surface area contributed by atoms with Crippen molar-refractivity contribution in [1.82, 2.24) is 0 Å². The van der Waals surface area contributed by atoms with E-state index in [2.05, 4.69) is 0 Å². The van der Waals surface area contributed by atoms with Crippen molar-refractivity contribution in [3.8, 4) is 5.75 Å². The summed E-state index contributed by atoms with van der Waals surface area (Å²) in [6, 6.07) is 15.1. The highest BCUT2D eigenvalue weighted by Crippen LogP contribution is 2.29. The van der Waals surface area contributed by atoms with E-state index >= 15 is 0 Å². The molecule has 0 radical (unpaired) electrons. The molecule has 128 valence electrons. The van der Waals surface area contributed by atoms with Crippen LogP contribution in [0.25, 0.3) is 6.08 Å². The number of rotatable bonds is 5. The third-order valence-corrected chi connectivity index (χ3v) is 4.06. The van der Waals surface area contributed by atoms with Crippen LogP contribution in [0.4, 0.5) is 0 Å². The van der Waals surface area contributed by atoms with Crippen molar-refractivity contribution in [2.45, 2.75) is 25.9 Å². The van der Waals surface area contributed by atoms with E-state index in [0.29, 0.717) is 24.3 Å². The number of fused-ring (bicyclic) bond motifs is 1. The molecule has 0 N–H and O–H groups in total. The van der Waals surface area contributed by atoms with Gasteiger partial charge in [-0.3, -0.25) is 9.59 Å². The maximum absolute atomic E-state index is 12.0. The van der Waals surface area contributed by atoms with Gasteiger partial charge in [-0.25, -0.2) is 0 Å². The molecule has 4 nitrogen and oxygen atoms in total. The summed E-state index contributed by atoms with van der Waals surface area (Å²) in [5.74, 6) is 0.358. The van der Waals surface area contributed by atoms with Crippen LogP contribution >= 0.6 is 0 Å². The van der Waals surface area contributed by atoms with Crippen LogP contribution < -0.4 is 4.74 Å². The third-order valence-electron chi connectivity index (χ3n) is 4.06. The fourth-order valence-corrected chi connectivity index (χ4v) is 2.70. The largest absolute Gasteiger partial charge is 0.492 e. The Bertz CT molecular complexity index is 793. The van der Waals surface area contributed by atoms with Crippen LogP contribution in [0.15, 0.2) is 54.6 Å². The molecular formula is C21H20O4. The lowest BCUT2D eigenvalue weighted by Crippen LogP contribution is -2.16.